The van der Waals surface area contributed by atoms with Crippen molar-refractivity contribution in [1.29, 1.82) is 0 Å². The summed E-state index contributed by atoms with van der Waals surface area (Å²) in [6.07, 6.45) is 20.7. The van der Waals surface area contributed by atoms with Crippen molar-refractivity contribution in [2.45, 2.75) is 161 Å². The molecule has 0 aliphatic carbocycles. The van der Waals surface area contributed by atoms with Crippen molar-refractivity contribution >= 4 is 69.1 Å². The molecule has 0 bridgehead atoms. The molecule has 10 N–H and O–H groups in total. The van der Waals surface area contributed by atoms with Gasteiger partial charge in [-0.1, -0.05) is 115 Å². The number of anilines is 1. The molecule has 3 rings (SSSR count). The average molecular weight is 1090 g/mol. The Morgan fingerprint density at radius 2 is 1.45 bits per heavy atom. The van der Waals surface area contributed by atoms with E-state index in [9.17, 15) is 57.9 Å². The number of amides is 2. The Bertz CT molecular complexity index is 2160. The number of carbonyl (C=O) groups excluding carboxylic acids is 3. The first-order valence-electron chi connectivity index (χ1n) is 23.9. The van der Waals surface area contributed by atoms with Crippen molar-refractivity contribution in [2.24, 2.45) is 5.41 Å². The number of rotatable bonds is 37. The topological polar surface area (TPSA) is 364 Å². The standard InChI is InChI=1S/C43H74N7O17P3S/c1-4-5-6-7-8-9-10-11-12-13-14-15-16-17-18-19-20-21-22-23-34(52)71-27-26-45-33(51)24-25-46-41(55)38(54)43(2,3)29-64-70(61,62)67-69(59,60)63-28-32-37(66-68(56,57)58)36(53)42(65-32)50-31-49-35-39(44)47-30-48-40(35)50/h11-12,22-23,30-32,36-38,42,53-54H,4-10,13-21,24-29H2,1-3H3,(H,45,51)(H,46,55)(H,59,60)(H,61,62)(H2,44,47,48)(H2,56,57,58)/b12-11-,23-22+/t32-,36-,37-,38+,42-/m1/s1. The first-order chi connectivity index (χ1) is 33.6. The second kappa shape index (κ2) is 31.7. The van der Waals surface area contributed by atoms with Gasteiger partial charge in [0.1, 0.15) is 36.3 Å². The molecule has 0 saturated carbocycles. The predicted octanol–water partition coefficient (Wildman–Crippen LogP) is 6.04. The van der Waals surface area contributed by atoms with Crippen LogP contribution in [-0.2, 0) is 50.7 Å². The zero-order chi connectivity index (χ0) is 52.5. The molecule has 28 heteroatoms. The van der Waals surface area contributed by atoms with Crippen LogP contribution < -0.4 is 16.4 Å². The molecule has 1 aliphatic rings. The smallest absolute Gasteiger partial charge is 0.386 e. The molecule has 0 radical (unpaired) electrons. The van der Waals surface area contributed by atoms with Gasteiger partial charge in [-0.25, -0.2) is 28.6 Å². The lowest BCUT2D eigenvalue weighted by molar-refractivity contribution is -0.137. The molecule has 2 aromatic heterocycles. The molecule has 1 fully saturated rings. The molecule has 2 amide bonds. The van der Waals surface area contributed by atoms with Crippen molar-refractivity contribution < 1.29 is 80.5 Å². The minimum absolute atomic E-state index is 0.0321. The summed E-state index contributed by atoms with van der Waals surface area (Å²) in [6, 6.07) is 0. The van der Waals surface area contributed by atoms with E-state index in [0.717, 1.165) is 48.2 Å². The number of carbonyl (C=O) groups is 3. The van der Waals surface area contributed by atoms with Crippen molar-refractivity contribution in [3.8, 4) is 0 Å². The summed E-state index contributed by atoms with van der Waals surface area (Å²) in [5.74, 6) is -1.10. The highest BCUT2D eigenvalue weighted by Gasteiger charge is 2.50. The summed E-state index contributed by atoms with van der Waals surface area (Å²) >= 11 is 1.07. The summed E-state index contributed by atoms with van der Waals surface area (Å²) < 4.78 is 62.5. The van der Waals surface area contributed by atoms with Crippen LogP contribution in [0.25, 0.3) is 11.2 Å². The molecule has 24 nitrogen and oxygen atoms in total. The summed E-state index contributed by atoms with van der Waals surface area (Å²) in [5.41, 5.74) is 4.28. The quantitative estimate of drug-likeness (QED) is 0.0161. The number of aliphatic hydroxyl groups is 2. The van der Waals surface area contributed by atoms with Gasteiger partial charge in [0, 0.05) is 30.7 Å². The average Bonchev–Trinajstić information content (AvgIpc) is 3.86. The number of phosphoric acid groups is 3. The fraction of sp³-hybridized carbons (Fsp3) is 0.721. The molecule has 3 heterocycles. The van der Waals surface area contributed by atoms with E-state index in [0.29, 0.717) is 5.75 Å². The van der Waals surface area contributed by atoms with E-state index in [1.54, 1.807) is 6.08 Å². The number of nitrogens with zero attached hydrogens (tertiary/aromatic N) is 4. The Morgan fingerprint density at radius 3 is 2.07 bits per heavy atom. The number of hydrogen-bond donors (Lipinski definition) is 9. The molecule has 404 valence electrons. The number of fused-ring (bicyclic) bond motifs is 1. The van der Waals surface area contributed by atoms with Crippen LogP contribution in [-0.4, -0.2) is 123 Å². The van der Waals surface area contributed by atoms with Crippen molar-refractivity contribution in [3.63, 3.8) is 0 Å². The van der Waals surface area contributed by atoms with Crippen LogP contribution in [0.4, 0.5) is 5.82 Å². The number of nitrogens with one attached hydrogen (secondary N) is 2. The number of unbranched alkanes of at least 4 members (excludes halogenated alkanes) is 14. The highest BCUT2D eigenvalue weighted by Crippen LogP contribution is 2.61. The van der Waals surface area contributed by atoms with Gasteiger partial charge in [0.15, 0.2) is 17.7 Å². The Balaban J connectivity index is 1.27. The number of aromatic nitrogens is 4. The summed E-state index contributed by atoms with van der Waals surface area (Å²) in [7, 11) is -16.4. The molecule has 0 aromatic carbocycles. The molecule has 2 aromatic rings. The first kappa shape index (κ1) is 62.3. The van der Waals surface area contributed by atoms with E-state index >= 15 is 0 Å². The number of ether oxygens (including phenoxy) is 1. The fourth-order valence-corrected chi connectivity index (χ4v) is 10.6. The molecular formula is C43H74N7O17P3S. The van der Waals surface area contributed by atoms with E-state index in [2.05, 4.69) is 53.5 Å². The molecule has 0 spiro atoms. The number of hydrogen-bond acceptors (Lipinski definition) is 18. The van der Waals surface area contributed by atoms with Gasteiger partial charge in [-0.2, -0.15) is 4.31 Å². The molecule has 7 atom stereocenters. The van der Waals surface area contributed by atoms with Crippen LogP contribution in [0, 0.1) is 5.41 Å². The maximum atomic E-state index is 12.8. The number of nitrogens with two attached hydrogens (primary N) is 1. The summed E-state index contributed by atoms with van der Waals surface area (Å²) in [6.45, 7) is 2.76. The maximum absolute atomic E-state index is 12.8. The summed E-state index contributed by atoms with van der Waals surface area (Å²) in [4.78, 5) is 88.4. The zero-order valence-corrected chi connectivity index (χ0v) is 44.2. The van der Waals surface area contributed by atoms with E-state index in [-0.39, 0.29) is 41.6 Å². The van der Waals surface area contributed by atoms with E-state index in [1.807, 2.05) is 6.08 Å². The highest BCUT2D eigenvalue weighted by atomic mass is 32.2. The van der Waals surface area contributed by atoms with Crippen LogP contribution in [0.3, 0.4) is 0 Å². The van der Waals surface area contributed by atoms with Crippen molar-refractivity contribution in [1.82, 2.24) is 30.2 Å². The van der Waals surface area contributed by atoms with E-state index in [1.165, 1.54) is 97.3 Å². The third-order valence-electron chi connectivity index (χ3n) is 11.1. The van der Waals surface area contributed by atoms with Crippen LogP contribution >= 0.6 is 35.2 Å². The van der Waals surface area contributed by atoms with Gasteiger partial charge >= 0.3 is 23.5 Å². The molecular weight excluding hydrogens is 1010 g/mol. The van der Waals surface area contributed by atoms with Gasteiger partial charge in [0.05, 0.1) is 19.5 Å². The van der Waals surface area contributed by atoms with Crippen molar-refractivity contribution in [2.75, 3.05) is 37.8 Å². The Hall–Kier alpha value is -2.96. The third-order valence-corrected chi connectivity index (χ3v) is 15.1. The van der Waals surface area contributed by atoms with Crippen LogP contribution in [0.15, 0.2) is 37.0 Å². The van der Waals surface area contributed by atoms with E-state index in [4.69, 9.17) is 19.5 Å². The minimum atomic E-state index is -5.58. The van der Waals surface area contributed by atoms with E-state index < -0.39 is 84.6 Å². The number of thioether (sulfide) groups is 1. The molecule has 2 unspecified atom stereocenters. The van der Waals surface area contributed by atoms with Gasteiger partial charge in [-0.15, -0.1) is 0 Å². The minimum Gasteiger partial charge on any atom is -0.386 e. The van der Waals surface area contributed by atoms with Gasteiger partial charge in [-0.3, -0.25) is 32.5 Å². The number of phosphoric ester groups is 3. The number of aliphatic hydroxyl groups excluding tert-OH is 2. The first-order valence-corrected chi connectivity index (χ1v) is 29.4. The van der Waals surface area contributed by atoms with Gasteiger partial charge in [-0.05, 0) is 44.6 Å². The van der Waals surface area contributed by atoms with Gasteiger partial charge in [0.2, 0.25) is 16.9 Å². The van der Waals surface area contributed by atoms with Gasteiger partial charge in [0.25, 0.3) is 0 Å². The number of imidazole rings is 1. The number of nitrogen functional groups attached to an aromatic ring is 1. The highest BCUT2D eigenvalue weighted by molar-refractivity contribution is 8.14. The summed E-state index contributed by atoms with van der Waals surface area (Å²) in [5, 5.41) is 26.5. The lowest BCUT2D eigenvalue weighted by atomic mass is 9.87. The second-order valence-corrected chi connectivity index (χ2v) is 23.1. The monoisotopic (exact) mass is 1090 g/mol. The third kappa shape index (κ3) is 24.3. The van der Waals surface area contributed by atoms with Crippen LogP contribution in [0.5, 0.6) is 0 Å². The second-order valence-electron chi connectivity index (χ2n) is 17.7. The molecule has 1 saturated heterocycles. The Kier molecular flexibility index (Phi) is 27.8. The Labute approximate surface area is 419 Å². The van der Waals surface area contributed by atoms with Crippen LogP contribution in [0.2, 0.25) is 0 Å². The zero-order valence-electron chi connectivity index (χ0n) is 40.7. The lowest BCUT2D eigenvalue weighted by Gasteiger charge is -2.30. The van der Waals surface area contributed by atoms with Crippen LogP contribution in [0.1, 0.15) is 136 Å². The molecule has 71 heavy (non-hydrogen) atoms. The maximum Gasteiger partial charge on any atom is 0.481 e. The van der Waals surface area contributed by atoms with Crippen molar-refractivity contribution in [3.05, 3.63) is 37.0 Å². The fourth-order valence-electron chi connectivity index (χ4n) is 7.20. The Morgan fingerprint density at radius 1 is 0.859 bits per heavy atom. The molecule has 1 aliphatic heterocycles. The number of allylic oxidation sites excluding steroid dienone is 3. The normalized spacial score (nSPS) is 19.8. The SMILES string of the molecule is CCCCCCCC/C=C\CCCCCCCCC/C=C/C(=O)SCCNC(=O)CCNC(=O)[C@H](O)C(C)(C)COP(=O)(O)OP(=O)(O)OC[C@H]1O[C@@H](n2cnc3c(N)ncnc32)[C@H](O)[C@@H]1OP(=O)(O)O. The lowest BCUT2D eigenvalue weighted by Crippen LogP contribution is -2.46. The largest absolute Gasteiger partial charge is 0.481 e. The predicted molar refractivity (Wildman–Crippen MR) is 265 cm³/mol. The van der Waals surface area contributed by atoms with Gasteiger partial charge < -0.3 is 50.9 Å².